The standard InChI is InChI=1S/C11H14O4/c1-3-4-11-7(2)15-10(13)9(11)5-8(12)6-14-11/h3,5,7-8,12H,1,4,6H2,2H3. The Morgan fingerprint density at radius 3 is 3.20 bits per heavy atom. The highest BCUT2D eigenvalue weighted by Gasteiger charge is 2.53. The van der Waals surface area contributed by atoms with Gasteiger partial charge in [0.2, 0.25) is 0 Å². The molecule has 15 heavy (non-hydrogen) atoms. The van der Waals surface area contributed by atoms with Gasteiger partial charge in [-0.15, -0.1) is 6.58 Å². The average molecular weight is 210 g/mol. The molecule has 2 aliphatic heterocycles. The van der Waals surface area contributed by atoms with Gasteiger partial charge in [0.15, 0.2) is 0 Å². The molecular formula is C11H14O4. The van der Waals surface area contributed by atoms with E-state index >= 15 is 0 Å². The van der Waals surface area contributed by atoms with E-state index in [9.17, 15) is 9.90 Å². The Morgan fingerprint density at radius 1 is 1.80 bits per heavy atom. The molecule has 1 fully saturated rings. The van der Waals surface area contributed by atoms with Gasteiger partial charge >= 0.3 is 5.97 Å². The summed E-state index contributed by atoms with van der Waals surface area (Å²) in [6.07, 6.45) is 2.68. The van der Waals surface area contributed by atoms with Crippen molar-refractivity contribution in [3.8, 4) is 0 Å². The number of carbonyl (C=O) groups is 1. The van der Waals surface area contributed by atoms with Crippen LogP contribution in [0.2, 0.25) is 0 Å². The lowest BCUT2D eigenvalue weighted by Gasteiger charge is -2.34. The fraction of sp³-hybridized carbons (Fsp3) is 0.545. The van der Waals surface area contributed by atoms with E-state index in [1.807, 2.05) is 0 Å². The van der Waals surface area contributed by atoms with E-state index in [4.69, 9.17) is 9.47 Å². The highest BCUT2D eigenvalue weighted by atomic mass is 16.6. The summed E-state index contributed by atoms with van der Waals surface area (Å²) in [5, 5.41) is 9.41. The van der Waals surface area contributed by atoms with Gasteiger partial charge in [-0.2, -0.15) is 0 Å². The van der Waals surface area contributed by atoms with Gasteiger partial charge in [-0.05, 0) is 13.0 Å². The minimum absolute atomic E-state index is 0.193. The summed E-state index contributed by atoms with van der Waals surface area (Å²) in [5.74, 6) is -0.400. The fourth-order valence-corrected chi connectivity index (χ4v) is 2.14. The summed E-state index contributed by atoms with van der Waals surface area (Å²) in [6, 6.07) is 0. The van der Waals surface area contributed by atoms with E-state index in [2.05, 4.69) is 6.58 Å². The van der Waals surface area contributed by atoms with E-state index < -0.39 is 17.7 Å². The van der Waals surface area contributed by atoms with Crippen molar-refractivity contribution in [1.82, 2.24) is 0 Å². The van der Waals surface area contributed by atoms with Crippen LogP contribution in [0.3, 0.4) is 0 Å². The number of aliphatic hydroxyl groups excluding tert-OH is 1. The van der Waals surface area contributed by atoms with Gasteiger partial charge in [-0.1, -0.05) is 6.08 Å². The minimum Gasteiger partial charge on any atom is -0.456 e. The summed E-state index contributed by atoms with van der Waals surface area (Å²) >= 11 is 0. The zero-order valence-electron chi connectivity index (χ0n) is 8.60. The molecule has 4 nitrogen and oxygen atoms in total. The van der Waals surface area contributed by atoms with Crippen LogP contribution in [0.25, 0.3) is 0 Å². The molecule has 4 heteroatoms. The Bertz CT molecular complexity index is 333. The van der Waals surface area contributed by atoms with Crippen LogP contribution in [0, 0.1) is 0 Å². The van der Waals surface area contributed by atoms with Crippen molar-refractivity contribution in [3.63, 3.8) is 0 Å². The molecule has 0 radical (unpaired) electrons. The van der Waals surface area contributed by atoms with Crippen molar-refractivity contribution in [2.75, 3.05) is 6.61 Å². The second-order valence-electron chi connectivity index (χ2n) is 3.89. The molecule has 2 aliphatic rings. The molecule has 82 valence electrons. The predicted molar refractivity (Wildman–Crippen MR) is 53.1 cm³/mol. The minimum atomic E-state index is -0.738. The number of hydrogen-bond acceptors (Lipinski definition) is 4. The molecule has 0 aromatic carbocycles. The molecule has 0 bridgehead atoms. The first-order chi connectivity index (χ1) is 7.10. The third-order valence-corrected chi connectivity index (χ3v) is 2.93. The van der Waals surface area contributed by atoms with E-state index in [0.29, 0.717) is 12.0 Å². The van der Waals surface area contributed by atoms with Gasteiger partial charge in [0.1, 0.15) is 11.7 Å². The fourth-order valence-electron chi connectivity index (χ4n) is 2.14. The van der Waals surface area contributed by atoms with Crippen LogP contribution >= 0.6 is 0 Å². The van der Waals surface area contributed by atoms with Crippen LogP contribution in [0.1, 0.15) is 13.3 Å². The maximum absolute atomic E-state index is 11.5. The smallest absolute Gasteiger partial charge is 0.337 e. The van der Waals surface area contributed by atoms with Crippen molar-refractivity contribution in [1.29, 1.82) is 0 Å². The van der Waals surface area contributed by atoms with Crippen molar-refractivity contribution in [3.05, 3.63) is 24.3 Å². The van der Waals surface area contributed by atoms with Crippen molar-refractivity contribution >= 4 is 5.97 Å². The van der Waals surface area contributed by atoms with E-state index in [0.717, 1.165) is 0 Å². The molecule has 0 aromatic heterocycles. The third kappa shape index (κ3) is 1.41. The van der Waals surface area contributed by atoms with Crippen LogP contribution in [0.5, 0.6) is 0 Å². The molecule has 2 heterocycles. The summed E-state index contributed by atoms with van der Waals surface area (Å²) in [7, 11) is 0. The molecule has 0 saturated carbocycles. The number of cyclic esters (lactones) is 1. The second-order valence-corrected chi connectivity index (χ2v) is 3.89. The predicted octanol–water partition coefficient (Wildman–Crippen LogP) is 0.564. The summed E-state index contributed by atoms with van der Waals surface area (Å²) in [6.45, 7) is 5.64. The van der Waals surface area contributed by atoms with Gasteiger partial charge in [0, 0.05) is 6.42 Å². The highest BCUT2D eigenvalue weighted by Crippen LogP contribution is 2.41. The number of ether oxygens (including phenoxy) is 2. The van der Waals surface area contributed by atoms with Gasteiger partial charge in [-0.3, -0.25) is 0 Å². The molecule has 3 atom stereocenters. The van der Waals surface area contributed by atoms with E-state index in [-0.39, 0.29) is 12.7 Å². The summed E-state index contributed by atoms with van der Waals surface area (Å²) < 4.78 is 10.7. The molecule has 0 amide bonds. The zero-order valence-corrected chi connectivity index (χ0v) is 8.60. The number of rotatable bonds is 2. The van der Waals surface area contributed by atoms with E-state index in [1.54, 1.807) is 13.0 Å². The number of fused-ring (bicyclic) bond motifs is 1. The van der Waals surface area contributed by atoms with Crippen molar-refractivity contribution < 1.29 is 19.4 Å². The van der Waals surface area contributed by atoms with Crippen LogP contribution in [-0.2, 0) is 14.3 Å². The molecule has 0 spiro atoms. The zero-order chi connectivity index (χ0) is 11.1. The molecule has 0 aromatic rings. The van der Waals surface area contributed by atoms with Crippen molar-refractivity contribution in [2.45, 2.75) is 31.2 Å². The SMILES string of the molecule is C=CCC12OCC(O)C=C1C(=O)OC2C. The van der Waals surface area contributed by atoms with Gasteiger partial charge in [-0.25, -0.2) is 4.79 Å². The van der Waals surface area contributed by atoms with Crippen LogP contribution in [0.4, 0.5) is 0 Å². The molecule has 1 N–H and O–H groups in total. The highest BCUT2D eigenvalue weighted by molar-refractivity contribution is 5.94. The van der Waals surface area contributed by atoms with Crippen LogP contribution in [0.15, 0.2) is 24.3 Å². The topological polar surface area (TPSA) is 55.8 Å². The Labute approximate surface area is 88.2 Å². The number of aliphatic hydroxyl groups is 1. The molecule has 1 saturated heterocycles. The summed E-state index contributed by atoms with van der Waals surface area (Å²) in [4.78, 5) is 11.5. The van der Waals surface area contributed by atoms with E-state index in [1.165, 1.54) is 6.08 Å². The monoisotopic (exact) mass is 210 g/mol. The Balaban J connectivity index is 2.43. The Kier molecular flexibility index (Phi) is 2.40. The molecular weight excluding hydrogens is 196 g/mol. The Hall–Kier alpha value is -1.13. The van der Waals surface area contributed by atoms with Crippen molar-refractivity contribution in [2.24, 2.45) is 0 Å². The summed E-state index contributed by atoms with van der Waals surface area (Å²) in [5.41, 5.74) is -0.313. The third-order valence-electron chi connectivity index (χ3n) is 2.93. The largest absolute Gasteiger partial charge is 0.456 e. The molecule has 0 aliphatic carbocycles. The quantitative estimate of drug-likeness (QED) is 0.534. The Morgan fingerprint density at radius 2 is 2.53 bits per heavy atom. The first-order valence-corrected chi connectivity index (χ1v) is 4.96. The molecule has 3 unspecified atom stereocenters. The number of hydrogen-bond donors (Lipinski definition) is 1. The second kappa shape index (κ2) is 3.47. The maximum atomic E-state index is 11.5. The first kappa shape index (κ1) is 10.4. The normalized spacial score (nSPS) is 39.3. The maximum Gasteiger partial charge on any atom is 0.337 e. The van der Waals surface area contributed by atoms with Crippen LogP contribution in [-0.4, -0.2) is 35.5 Å². The average Bonchev–Trinajstić information content (AvgIpc) is 2.42. The number of esters is 1. The lowest BCUT2D eigenvalue weighted by molar-refractivity contribution is -0.141. The lowest BCUT2D eigenvalue weighted by atomic mass is 9.85. The first-order valence-electron chi connectivity index (χ1n) is 4.96. The van der Waals surface area contributed by atoms with Gasteiger partial charge < -0.3 is 14.6 Å². The molecule has 2 rings (SSSR count). The van der Waals surface area contributed by atoms with Gasteiger partial charge in [0.25, 0.3) is 0 Å². The lowest BCUT2D eigenvalue weighted by Crippen LogP contribution is -2.45. The number of carbonyl (C=O) groups excluding carboxylic acids is 1. The van der Waals surface area contributed by atoms with Gasteiger partial charge in [0.05, 0.1) is 18.3 Å². The van der Waals surface area contributed by atoms with Crippen LogP contribution < -0.4 is 0 Å².